The summed E-state index contributed by atoms with van der Waals surface area (Å²) in [6, 6.07) is 19.7. The van der Waals surface area contributed by atoms with Crippen molar-refractivity contribution in [2.45, 2.75) is 18.9 Å². The number of rotatable bonds is 5. The number of carbonyl (C=O) groups excluding carboxylic acids is 1. The minimum Gasteiger partial charge on any atom is -0.497 e. The number of hydrogen-bond donors (Lipinski definition) is 0. The largest absolute Gasteiger partial charge is 0.497 e. The summed E-state index contributed by atoms with van der Waals surface area (Å²) in [4.78, 5) is 14.7. The van der Waals surface area contributed by atoms with E-state index >= 15 is 0 Å². The molecule has 1 amide bonds. The zero-order chi connectivity index (χ0) is 20.4. The molecule has 29 heavy (non-hydrogen) atoms. The van der Waals surface area contributed by atoms with Crippen LogP contribution < -0.4 is 14.2 Å². The number of ether oxygens (including phenoxy) is 3. The molecule has 5 heteroatoms. The molecule has 4 rings (SSSR count). The lowest BCUT2D eigenvalue weighted by Crippen LogP contribution is -2.43. The molecule has 0 radical (unpaired) electrons. The Labute approximate surface area is 170 Å². The van der Waals surface area contributed by atoms with Gasteiger partial charge in [-0.15, -0.1) is 0 Å². The van der Waals surface area contributed by atoms with Gasteiger partial charge >= 0.3 is 0 Å². The molecule has 2 atom stereocenters. The van der Waals surface area contributed by atoms with Crippen LogP contribution in [0.1, 0.15) is 18.4 Å². The Hall–Kier alpha value is -3.21. The van der Waals surface area contributed by atoms with E-state index in [0.717, 1.165) is 33.6 Å². The van der Waals surface area contributed by atoms with Gasteiger partial charge in [-0.05, 0) is 47.5 Å². The van der Waals surface area contributed by atoms with Crippen LogP contribution in [0.5, 0.6) is 17.2 Å². The first kappa shape index (κ1) is 19.1. The van der Waals surface area contributed by atoms with Crippen LogP contribution in [-0.4, -0.2) is 44.2 Å². The van der Waals surface area contributed by atoms with Crippen LogP contribution in [-0.2, 0) is 4.79 Å². The fourth-order valence-electron chi connectivity index (χ4n) is 3.66. The van der Waals surface area contributed by atoms with Crippen LogP contribution in [0.4, 0.5) is 0 Å². The number of likely N-dealkylation sites (N-methyl/N-ethyl adjacent to an activating group) is 1. The summed E-state index contributed by atoms with van der Waals surface area (Å²) in [5.41, 5.74) is 0.991. The van der Waals surface area contributed by atoms with E-state index in [1.54, 1.807) is 12.0 Å². The maximum atomic E-state index is 13.0. The van der Waals surface area contributed by atoms with Crippen LogP contribution in [0.2, 0.25) is 0 Å². The molecule has 150 valence electrons. The molecule has 0 saturated heterocycles. The van der Waals surface area contributed by atoms with Gasteiger partial charge in [-0.1, -0.05) is 36.4 Å². The van der Waals surface area contributed by atoms with Gasteiger partial charge in [0.1, 0.15) is 12.4 Å². The van der Waals surface area contributed by atoms with Crippen LogP contribution in [0.25, 0.3) is 10.8 Å². The normalized spacial score (nSPS) is 16.3. The van der Waals surface area contributed by atoms with Gasteiger partial charge in [-0.25, -0.2) is 0 Å². The number of methoxy groups -OCH3 is 1. The molecule has 0 fully saturated rings. The standard InChI is InChI=1S/C24H25NO4/c1-16(17-8-9-19-13-20(27-3)11-10-18(19)12-17)24(26)25(2)14-21-15-28-22-6-4-5-7-23(22)29-21/h4-13,16,21H,14-15H2,1-3H3/t16-,21-/m0/s1. The lowest BCUT2D eigenvalue weighted by Gasteiger charge is -2.30. The van der Waals surface area contributed by atoms with Gasteiger partial charge < -0.3 is 19.1 Å². The van der Waals surface area contributed by atoms with E-state index in [9.17, 15) is 4.79 Å². The van der Waals surface area contributed by atoms with E-state index in [1.807, 2.05) is 68.6 Å². The second-order valence-corrected chi connectivity index (χ2v) is 7.41. The molecule has 3 aromatic rings. The number of nitrogens with zero attached hydrogens (tertiary/aromatic N) is 1. The predicted molar refractivity (Wildman–Crippen MR) is 113 cm³/mol. The summed E-state index contributed by atoms with van der Waals surface area (Å²) in [5, 5.41) is 2.18. The molecule has 0 aromatic heterocycles. The van der Waals surface area contributed by atoms with E-state index < -0.39 is 0 Å². The Morgan fingerprint density at radius 1 is 1.10 bits per heavy atom. The maximum Gasteiger partial charge on any atom is 0.229 e. The first-order valence-electron chi connectivity index (χ1n) is 9.76. The lowest BCUT2D eigenvalue weighted by atomic mass is 9.96. The lowest BCUT2D eigenvalue weighted by molar-refractivity contribution is -0.132. The first-order valence-corrected chi connectivity index (χ1v) is 9.76. The number of fused-ring (bicyclic) bond motifs is 2. The molecule has 0 spiro atoms. The Morgan fingerprint density at radius 2 is 1.83 bits per heavy atom. The van der Waals surface area contributed by atoms with Gasteiger partial charge in [0.25, 0.3) is 0 Å². The van der Waals surface area contributed by atoms with Crippen molar-refractivity contribution < 1.29 is 19.0 Å². The van der Waals surface area contributed by atoms with Crippen molar-refractivity contribution in [1.82, 2.24) is 4.90 Å². The molecular formula is C24H25NO4. The minimum absolute atomic E-state index is 0.0559. The van der Waals surface area contributed by atoms with Gasteiger partial charge in [0.15, 0.2) is 17.6 Å². The fraction of sp³-hybridized carbons (Fsp3) is 0.292. The molecule has 0 saturated carbocycles. The third kappa shape index (κ3) is 3.99. The van der Waals surface area contributed by atoms with Crippen LogP contribution >= 0.6 is 0 Å². The second-order valence-electron chi connectivity index (χ2n) is 7.41. The van der Waals surface area contributed by atoms with Crippen molar-refractivity contribution in [2.24, 2.45) is 0 Å². The Morgan fingerprint density at radius 3 is 2.62 bits per heavy atom. The van der Waals surface area contributed by atoms with Crippen LogP contribution in [0, 0.1) is 0 Å². The van der Waals surface area contributed by atoms with E-state index in [4.69, 9.17) is 14.2 Å². The van der Waals surface area contributed by atoms with Crippen LogP contribution in [0.15, 0.2) is 60.7 Å². The van der Waals surface area contributed by atoms with Crippen molar-refractivity contribution in [3.8, 4) is 17.2 Å². The van der Waals surface area contributed by atoms with E-state index in [1.165, 1.54) is 0 Å². The van der Waals surface area contributed by atoms with E-state index in [0.29, 0.717) is 13.2 Å². The van der Waals surface area contributed by atoms with E-state index in [2.05, 4.69) is 6.07 Å². The number of hydrogen-bond acceptors (Lipinski definition) is 4. The first-order chi connectivity index (χ1) is 14.0. The highest BCUT2D eigenvalue weighted by molar-refractivity contribution is 5.88. The van der Waals surface area contributed by atoms with E-state index in [-0.39, 0.29) is 17.9 Å². The summed E-state index contributed by atoms with van der Waals surface area (Å²) in [5.74, 6) is 2.11. The van der Waals surface area contributed by atoms with Crippen molar-refractivity contribution in [3.05, 3.63) is 66.2 Å². The zero-order valence-electron chi connectivity index (χ0n) is 16.9. The summed E-state index contributed by atoms with van der Waals surface area (Å²) >= 11 is 0. The average molecular weight is 391 g/mol. The molecule has 1 aliphatic heterocycles. The third-order valence-electron chi connectivity index (χ3n) is 5.36. The summed E-state index contributed by atoms with van der Waals surface area (Å²) < 4.78 is 17.0. The Bertz CT molecular complexity index is 1030. The highest BCUT2D eigenvalue weighted by Gasteiger charge is 2.26. The molecule has 5 nitrogen and oxygen atoms in total. The highest BCUT2D eigenvalue weighted by Crippen LogP contribution is 2.31. The Kier molecular flexibility index (Phi) is 5.30. The summed E-state index contributed by atoms with van der Waals surface area (Å²) in [6.45, 7) is 2.85. The number of amides is 1. The van der Waals surface area contributed by atoms with Crippen molar-refractivity contribution in [2.75, 3.05) is 27.3 Å². The van der Waals surface area contributed by atoms with Gasteiger partial charge in [0.05, 0.1) is 19.6 Å². The van der Waals surface area contributed by atoms with Gasteiger partial charge in [-0.3, -0.25) is 4.79 Å². The van der Waals surface area contributed by atoms with Crippen molar-refractivity contribution in [1.29, 1.82) is 0 Å². The molecule has 0 bridgehead atoms. The maximum absolute atomic E-state index is 13.0. The second kappa shape index (κ2) is 8.03. The predicted octanol–water partition coefficient (Wildman–Crippen LogP) is 4.25. The minimum atomic E-state index is -0.247. The molecule has 0 unspecified atom stereocenters. The van der Waals surface area contributed by atoms with Crippen molar-refractivity contribution in [3.63, 3.8) is 0 Å². The summed E-state index contributed by atoms with van der Waals surface area (Å²) in [7, 11) is 3.47. The van der Waals surface area contributed by atoms with Gasteiger partial charge in [0.2, 0.25) is 5.91 Å². The van der Waals surface area contributed by atoms with Gasteiger partial charge in [0, 0.05) is 7.05 Å². The molecule has 1 aliphatic rings. The molecule has 3 aromatic carbocycles. The highest BCUT2D eigenvalue weighted by atomic mass is 16.6. The van der Waals surface area contributed by atoms with Crippen LogP contribution in [0.3, 0.4) is 0 Å². The smallest absolute Gasteiger partial charge is 0.229 e. The molecule has 1 heterocycles. The zero-order valence-corrected chi connectivity index (χ0v) is 16.9. The average Bonchev–Trinajstić information content (AvgIpc) is 2.77. The fourth-order valence-corrected chi connectivity index (χ4v) is 3.66. The quantitative estimate of drug-likeness (QED) is 0.652. The number of benzene rings is 3. The number of carbonyl (C=O) groups is 1. The molecule has 0 aliphatic carbocycles. The van der Waals surface area contributed by atoms with Gasteiger partial charge in [-0.2, -0.15) is 0 Å². The Balaban J connectivity index is 1.44. The SMILES string of the molecule is COc1ccc2cc([C@H](C)C(=O)N(C)C[C@H]3COc4ccccc4O3)ccc2c1. The monoisotopic (exact) mass is 391 g/mol. The molecular weight excluding hydrogens is 366 g/mol. The molecule has 0 N–H and O–H groups in total. The summed E-state index contributed by atoms with van der Waals surface area (Å²) in [6.07, 6.45) is -0.185. The third-order valence-corrected chi connectivity index (χ3v) is 5.36. The van der Waals surface area contributed by atoms with Crippen molar-refractivity contribution >= 4 is 16.7 Å². The number of para-hydroxylation sites is 2. The topological polar surface area (TPSA) is 48.0 Å².